The van der Waals surface area contributed by atoms with E-state index in [1.54, 1.807) is 6.08 Å². The van der Waals surface area contributed by atoms with Crippen LogP contribution in [0.1, 0.15) is 24.5 Å². The summed E-state index contributed by atoms with van der Waals surface area (Å²) in [6.45, 7) is 3.73. The van der Waals surface area contributed by atoms with Gasteiger partial charge in [0.25, 0.3) is 0 Å². The maximum atomic E-state index is 11.2. The minimum absolute atomic E-state index is 0.125. The standard InChI is InChI=1S/C19H21NO3/c1-2-5-16-15(18(20)19(21)22)11-17(23-16)14-9-8-12-6-3-4-7-13(12)10-14/h2-4,6-10,15-18H,1,5,11,20H2,(H,21,22)/t15-,16+,17+,18+/m0/s1. The molecule has 2 aromatic carbocycles. The third-order valence-electron chi connectivity index (χ3n) is 4.59. The van der Waals surface area contributed by atoms with Crippen molar-refractivity contribution in [3.63, 3.8) is 0 Å². The molecule has 0 bridgehead atoms. The van der Waals surface area contributed by atoms with Crippen molar-refractivity contribution in [2.24, 2.45) is 11.7 Å². The van der Waals surface area contributed by atoms with Crippen molar-refractivity contribution in [3.05, 3.63) is 60.7 Å². The van der Waals surface area contributed by atoms with Gasteiger partial charge >= 0.3 is 5.97 Å². The average molecular weight is 311 g/mol. The third-order valence-corrected chi connectivity index (χ3v) is 4.59. The van der Waals surface area contributed by atoms with E-state index in [0.29, 0.717) is 12.8 Å². The molecule has 1 fully saturated rings. The molecule has 0 aliphatic carbocycles. The SMILES string of the molecule is C=CC[C@H]1O[C@@H](c2ccc3ccccc3c2)C[C@@H]1[C@@H](N)C(=O)O. The molecule has 1 aliphatic heterocycles. The van der Waals surface area contributed by atoms with E-state index in [-0.39, 0.29) is 18.1 Å². The van der Waals surface area contributed by atoms with Crippen LogP contribution < -0.4 is 5.73 Å². The Morgan fingerprint density at radius 2 is 2.09 bits per heavy atom. The summed E-state index contributed by atoms with van der Waals surface area (Å²) >= 11 is 0. The van der Waals surface area contributed by atoms with Crippen LogP contribution in [0.25, 0.3) is 10.8 Å². The van der Waals surface area contributed by atoms with E-state index >= 15 is 0 Å². The van der Waals surface area contributed by atoms with Crippen molar-refractivity contribution in [1.29, 1.82) is 0 Å². The molecular weight excluding hydrogens is 290 g/mol. The predicted molar refractivity (Wildman–Crippen MR) is 90.1 cm³/mol. The number of hydrogen-bond donors (Lipinski definition) is 2. The number of fused-ring (bicyclic) bond motifs is 1. The minimum Gasteiger partial charge on any atom is -0.480 e. The van der Waals surface area contributed by atoms with Gasteiger partial charge in [0.05, 0.1) is 12.2 Å². The van der Waals surface area contributed by atoms with Crippen LogP contribution in [-0.4, -0.2) is 23.2 Å². The number of aliphatic carboxylic acids is 1. The van der Waals surface area contributed by atoms with E-state index in [1.165, 1.54) is 5.39 Å². The van der Waals surface area contributed by atoms with Gasteiger partial charge in [-0.25, -0.2) is 0 Å². The molecule has 4 nitrogen and oxygen atoms in total. The summed E-state index contributed by atoms with van der Waals surface area (Å²) in [6.07, 6.45) is 2.66. The Balaban J connectivity index is 1.87. The van der Waals surface area contributed by atoms with Crippen LogP contribution in [0.5, 0.6) is 0 Å². The monoisotopic (exact) mass is 311 g/mol. The van der Waals surface area contributed by atoms with E-state index in [1.807, 2.05) is 18.2 Å². The van der Waals surface area contributed by atoms with Gasteiger partial charge in [-0.3, -0.25) is 4.79 Å². The highest BCUT2D eigenvalue weighted by molar-refractivity contribution is 5.83. The lowest BCUT2D eigenvalue weighted by Gasteiger charge is -2.20. The number of carbonyl (C=O) groups is 1. The molecule has 3 N–H and O–H groups in total. The van der Waals surface area contributed by atoms with Gasteiger partial charge in [0.15, 0.2) is 0 Å². The fourth-order valence-corrected chi connectivity index (χ4v) is 3.34. The van der Waals surface area contributed by atoms with Crippen molar-refractivity contribution in [3.8, 4) is 0 Å². The predicted octanol–water partition coefficient (Wildman–Crippen LogP) is 3.27. The fraction of sp³-hybridized carbons (Fsp3) is 0.316. The van der Waals surface area contributed by atoms with Crippen molar-refractivity contribution >= 4 is 16.7 Å². The van der Waals surface area contributed by atoms with E-state index in [2.05, 4.69) is 30.8 Å². The summed E-state index contributed by atoms with van der Waals surface area (Å²) in [6, 6.07) is 13.5. The maximum absolute atomic E-state index is 11.2. The Hall–Kier alpha value is -2.17. The second-order valence-corrected chi connectivity index (χ2v) is 6.06. The lowest BCUT2D eigenvalue weighted by Crippen LogP contribution is -2.41. The molecular formula is C19H21NO3. The molecule has 0 spiro atoms. The van der Waals surface area contributed by atoms with Crippen molar-refractivity contribution in [2.75, 3.05) is 0 Å². The molecule has 120 valence electrons. The van der Waals surface area contributed by atoms with Crippen LogP contribution in [-0.2, 0) is 9.53 Å². The molecule has 4 atom stereocenters. The average Bonchev–Trinajstić information content (AvgIpc) is 2.98. The van der Waals surface area contributed by atoms with Gasteiger partial charge in [-0.2, -0.15) is 0 Å². The van der Waals surface area contributed by atoms with Crippen LogP contribution in [0, 0.1) is 5.92 Å². The van der Waals surface area contributed by atoms with Gasteiger partial charge < -0.3 is 15.6 Å². The number of carboxylic acid groups (broad SMARTS) is 1. The Kier molecular flexibility index (Phi) is 4.46. The minimum atomic E-state index is -0.980. The van der Waals surface area contributed by atoms with Gasteiger partial charge in [-0.05, 0) is 35.2 Å². The molecule has 0 aromatic heterocycles. The zero-order chi connectivity index (χ0) is 16.4. The van der Waals surface area contributed by atoms with Crippen LogP contribution in [0.3, 0.4) is 0 Å². The van der Waals surface area contributed by atoms with Crippen molar-refractivity contribution in [1.82, 2.24) is 0 Å². The highest BCUT2D eigenvalue weighted by Gasteiger charge is 2.41. The first-order valence-corrected chi connectivity index (χ1v) is 7.83. The molecule has 1 saturated heterocycles. The van der Waals surface area contributed by atoms with Crippen LogP contribution >= 0.6 is 0 Å². The largest absolute Gasteiger partial charge is 0.480 e. The number of benzene rings is 2. The quantitative estimate of drug-likeness (QED) is 0.831. The normalized spacial score (nSPS) is 25.3. The first kappa shape index (κ1) is 15.7. The van der Waals surface area contributed by atoms with Crippen LogP contribution in [0.2, 0.25) is 0 Å². The lowest BCUT2D eigenvalue weighted by molar-refractivity contribution is -0.140. The Labute approximate surface area is 135 Å². The summed E-state index contributed by atoms with van der Waals surface area (Å²) in [4.78, 5) is 11.2. The first-order chi connectivity index (χ1) is 11.1. The highest BCUT2D eigenvalue weighted by Crippen LogP contribution is 2.40. The Morgan fingerprint density at radius 1 is 1.35 bits per heavy atom. The summed E-state index contributed by atoms with van der Waals surface area (Å²) in [5, 5.41) is 11.5. The number of carboxylic acids is 1. The Bertz CT molecular complexity index is 727. The third kappa shape index (κ3) is 3.14. The molecule has 0 unspecified atom stereocenters. The van der Waals surface area contributed by atoms with Crippen LogP contribution in [0.15, 0.2) is 55.1 Å². The van der Waals surface area contributed by atoms with Crippen molar-refractivity contribution in [2.45, 2.75) is 31.1 Å². The second kappa shape index (κ2) is 6.52. The molecule has 3 rings (SSSR count). The highest BCUT2D eigenvalue weighted by atomic mass is 16.5. The number of ether oxygens (including phenoxy) is 1. The molecule has 4 heteroatoms. The summed E-state index contributed by atoms with van der Waals surface area (Å²) in [5.41, 5.74) is 6.93. The second-order valence-electron chi connectivity index (χ2n) is 6.06. The summed E-state index contributed by atoms with van der Waals surface area (Å²) in [7, 11) is 0. The van der Waals surface area contributed by atoms with E-state index in [0.717, 1.165) is 10.9 Å². The van der Waals surface area contributed by atoms with Gasteiger partial charge in [0.2, 0.25) is 0 Å². The van der Waals surface area contributed by atoms with E-state index in [9.17, 15) is 9.90 Å². The summed E-state index contributed by atoms with van der Waals surface area (Å²) in [5.74, 6) is -1.19. The Morgan fingerprint density at radius 3 is 2.78 bits per heavy atom. The van der Waals surface area contributed by atoms with Gasteiger partial charge in [0, 0.05) is 5.92 Å². The zero-order valence-corrected chi connectivity index (χ0v) is 12.9. The van der Waals surface area contributed by atoms with Gasteiger partial charge in [0.1, 0.15) is 6.04 Å². The van der Waals surface area contributed by atoms with Gasteiger partial charge in [-0.15, -0.1) is 6.58 Å². The maximum Gasteiger partial charge on any atom is 0.320 e. The molecule has 0 radical (unpaired) electrons. The van der Waals surface area contributed by atoms with E-state index in [4.69, 9.17) is 10.5 Å². The molecule has 23 heavy (non-hydrogen) atoms. The fourth-order valence-electron chi connectivity index (χ4n) is 3.34. The molecule has 0 saturated carbocycles. The topological polar surface area (TPSA) is 72.5 Å². The first-order valence-electron chi connectivity index (χ1n) is 7.83. The molecule has 1 heterocycles. The van der Waals surface area contributed by atoms with Gasteiger partial charge in [-0.1, -0.05) is 42.5 Å². The number of nitrogens with two attached hydrogens (primary N) is 1. The van der Waals surface area contributed by atoms with E-state index < -0.39 is 12.0 Å². The molecule has 1 aliphatic rings. The lowest BCUT2D eigenvalue weighted by atomic mass is 9.88. The molecule has 0 amide bonds. The smallest absolute Gasteiger partial charge is 0.320 e. The summed E-state index contributed by atoms with van der Waals surface area (Å²) < 4.78 is 6.11. The van der Waals surface area contributed by atoms with Crippen LogP contribution in [0.4, 0.5) is 0 Å². The zero-order valence-electron chi connectivity index (χ0n) is 12.9. The number of hydrogen-bond acceptors (Lipinski definition) is 3. The number of rotatable bonds is 5. The molecule has 2 aromatic rings. The van der Waals surface area contributed by atoms with Crippen molar-refractivity contribution < 1.29 is 14.6 Å².